The Morgan fingerprint density at radius 1 is 0.812 bits per heavy atom. The van der Waals surface area contributed by atoms with E-state index in [2.05, 4.69) is 6.58 Å². The molecule has 0 aromatic heterocycles. The van der Waals surface area contributed by atoms with E-state index < -0.39 is 62.0 Å². The average Bonchev–Trinajstić information content (AvgIpc) is 2.59. The SMILES string of the molecule is C=C(C)C(=O)O.CCN(C)S(=O)(=O)C(F)(F)C(F)(F)C(F)(F)C(F)(F)C(F)(F)C(F)(F)F. The van der Waals surface area contributed by atoms with Crippen molar-refractivity contribution in [3.63, 3.8) is 0 Å². The maximum absolute atomic E-state index is 13.4. The summed E-state index contributed by atoms with van der Waals surface area (Å²) >= 11 is 0. The predicted molar refractivity (Wildman–Crippen MR) is 80.5 cm³/mol. The van der Waals surface area contributed by atoms with Gasteiger partial charge in [0.15, 0.2) is 0 Å². The molecule has 0 unspecified atom stereocenters. The van der Waals surface area contributed by atoms with Crippen molar-refractivity contribution in [2.45, 2.75) is 49.0 Å². The molecule has 0 bridgehead atoms. The third-order valence-electron chi connectivity index (χ3n) is 3.45. The van der Waals surface area contributed by atoms with E-state index in [1.807, 2.05) is 0 Å². The first-order chi connectivity index (χ1) is 13.6. The second kappa shape index (κ2) is 9.22. The molecule has 0 aromatic carbocycles. The van der Waals surface area contributed by atoms with E-state index in [0.29, 0.717) is 6.92 Å². The summed E-state index contributed by atoms with van der Waals surface area (Å²) in [6, 6.07) is 0. The molecule has 5 nitrogen and oxygen atoms in total. The molecule has 0 fully saturated rings. The summed E-state index contributed by atoms with van der Waals surface area (Å²) in [5.41, 5.74) is 0.176. The number of carbonyl (C=O) groups is 1. The largest absolute Gasteiger partial charge is 0.478 e. The molecular formula is C13H14F13NO4S. The van der Waals surface area contributed by atoms with Crippen LogP contribution in [0.4, 0.5) is 57.1 Å². The van der Waals surface area contributed by atoms with Gasteiger partial charge < -0.3 is 5.11 Å². The topological polar surface area (TPSA) is 74.7 Å². The van der Waals surface area contributed by atoms with Crippen LogP contribution in [0.2, 0.25) is 0 Å². The second-order valence-electron chi connectivity index (χ2n) is 5.82. The van der Waals surface area contributed by atoms with E-state index in [1.54, 1.807) is 0 Å². The zero-order valence-electron chi connectivity index (χ0n) is 15.9. The monoisotopic (exact) mass is 527 g/mol. The van der Waals surface area contributed by atoms with Gasteiger partial charge in [-0.25, -0.2) is 13.2 Å². The second-order valence-corrected chi connectivity index (χ2v) is 7.90. The van der Waals surface area contributed by atoms with E-state index in [0.717, 1.165) is 0 Å². The molecule has 192 valence electrons. The number of rotatable bonds is 8. The highest BCUT2D eigenvalue weighted by atomic mass is 32.2. The highest BCUT2D eigenvalue weighted by molar-refractivity contribution is 7.90. The quantitative estimate of drug-likeness (QED) is 0.370. The Morgan fingerprint density at radius 2 is 1.09 bits per heavy atom. The minimum absolute atomic E-state index is 0.111. The lowest BCUT2D eigenvalue weighted by Crippen LogP contribution is -2.71. The summed E-state index contributed by atoms with van der Waals surface area (Å²) in [5.74, 6) is -33.0. The molecule has 0 aliphatic heterocycles. The number of nitrogens with zero attached hydrogens (tertiary/aromatic N) is 1. The molecule has 0 aliphatic carbocycles. The first kappa shape index (κ1) is 32.4. The normalized spacial score (nSPS) is 14.7. The molecule has 0 aromatic rings. The molecule has 0 radical (unpaired) electrons. The summed E-state index contributed by atoms with van der Waals surface area (Å²) in [6.07, 6.45) is -7.55. The van der Waals surface area contributed by atoms with Crippen molar-refractivity contribution in [3.8, 4) is 0 Å². The number of hydrogen-bond donors (Lipinski definition) is 1. The van der Waals surface area contributed by atoms with Gasteiger partial charge in [-0.05, 0) is 6.92 Å². The van der Waals surface area contributed by atoms with Gasteiger partial charge in [0.2, 0.25) is 0 Å². The summed E-state index contributed by atoms with van der Waals surface area (Å²) in [7, 11) is -6.75. The van der Waals surface area contributed by atoms with Crippen molar-refractivity contribution >= 4 is 16.0 Å². The van der Waals surface area contributed by atoms with Crippen LogP contribution < -0.4 is 0 Å². The highest BCUT2D eigenvalue weighted by Gasteiger charge is 2.92. The minimum Gasteiger partial charge on any atom is -0.478 e. The van der Waals surface area contributed by atoms with Crippen LogP contribution in [0.25, 0.3) is 0 Å². The van der Waals surface area contributed by atoms with Crippen LogP contribution in [0.1, 0.15) is 13.8 Å². The van der Waals surface area contributed by atoms with Crippen molar-refractivity contribution in [1.82, 2.24) is 4.31 Å². The van der Waals surface area contributed by atoms with Gasteiger partial charge in [-0.3, -0.25) is 0 Å². The molecule has 0 spiro atoms. The van der Waals surface area contributed by atoms with Crippen molar-refractivity contribution in [2.75, 3.05) is 13.6 Å². The molecule has 19 heteroatoms. The van der Waals surface area contributed by atoms with Gasteiger partial charge in [-0.15, -0.1) is 0 Å². The van der Waals surface area contributed by atoms with Crippen LogP contribution in [-0.4, -0.2) is 72.5 Å². The fraction of sp³-hybridized carbons (Fsp3) is 0.769. The van der Waals surface area contributed by atoms with Crippen LogP contribution in [0, 0.1) is 0 Å². The molecular weight excluding hydrogens is 513 g/mol. The highest BCUT2D eigenvalue weighted by Crippen LogP contribution is 2.61. The summed E-state index contributed by atoms with van der Waals surface area (Å²) in [6.45, 7) is 4.22. The van der Waals surface area contributed by atoms with Crippen LogP contribution in [0.15, 0.2) is 12.2 Å². The fourth-order valence-electron chi connectivity index (χ4n) is 1.28. The first-order valence-corrected chi connectivity index (χ1v) is 8.87. The van der Waals surface area contributed by atoms with E-state index in [1.165, 1.54) is 6.92 Å². The molecule has 0 aliphatic rings. The van der Waals surface area contributed by atoms with Crippen LogP contribution in [0.5, 0.6) is 0 Å². The zero-order valence-corrected chi connectivity index (χ0v) is 16.7. The summed E-state index contributed by atoms with van der Waals surface area (Å²) < 4.78 is 188. The van der Waals surface area contributed by atoms with Crippen molar-refractivity contribution < 1.29 is 75.4 Å². The number of halogens is 13. The lowest BCUT2D eigenvalue weighted by atomic mass is 9.98. The van der Waals surface area contributed by atoms with Crippen molar-refractivity contribution in [2.24, 2.45) is 0 Å². The molecule has 0 saturated heterocycles. The maximum atomic E-state index is 13.4. The van der Waals surface area contributed by atoms with Gasteiger partial charge in [0.05, 0.1) is 0 Å². The standard InChI is InChI=1S/C9H8F13NO2S.C4H6O2/c1-3-23(2)26(24,25)9(21,22)7(16,17)5(12,13)4(10,11)6(14,15)8(18,19)20;1-3(2)4(5)6/h3H2,1-2H3;1H2,2H3,(H,5,6). The number of hydrogen-bond acceptors (Lipinski definition) is 3. The third kappa shape index (κ3) is 5.07. The van der Waals surface area contributed by atoms with E-state index in [4.69, 9.17) is 5.11 Å². The molecule has 0 rings (SSSR count). The lowest BCUT2D eigenvalue weighted by Gasteiger charge is -2.39. The van der Waals surface area contributed by atoms with Gasteiger partial charge in [0.25, 0.3) is 10.0 Å². The predicted octanol–water partition coefficient (Wildman–Crippen LogP) is 4.61. The Bertz CT molecular complexity index is 793. The van der Waals surface area contributed by atoms with Gasteiger partial charge in [-0.1, -0.05) is 13.5 Å². The number of aliphatic carboxylic acids is 1. The molecule has 0 saturated carbocycles. The smallest absolute Gasteiger partial charge is 0.460 e. The Morgan fingerprint density at radius 3 is 1.31 bits per heavy atom. The average molecular weight is 527 g/mol. The van der Waals surface area contributed by atoms with Gasteiger partial charge in [-0.2, -0.15) is 61.4 Å². The Kier molecular flexibility index (Phi) is 9.33. The Hall–Kier alpha value is -1.79. The molecule has 0 heterocycles. The lowest BCUT2D eigenvalue weighted by molar-refractivity contribution is -0.433. The Labute approximate surface area is 171 Å². The van der Waals surface area contributed by atoms with Crippen molar-refractivity contribution in [1.29, 1.82) is 0 Å². The van der Waals surface area contributed by atoms with Gasteiger partial charge in [0.1, 0.15) is 0 Å². The summed E-state index contributed by atoms with van der Waals surface area (Å²) in [4.78, 5) is 9.60. The zero-order chi connectivity index (χ0) is 26.9. The number of alkyl halides is 13. The molecule has 0 amide bonds. The Balaban J connectivity index is 0. The van der Waals surface area contributed by atoms with Crippen LogP contribution >= 0.6 is 0 Å². The summed E-state index contributed by atoms with van der Waals surface area (Å²) in [5, 5.41) is 0.724. The van der Waals surface area contributed by atoms with Crippen LogP contribution in [-0.2, 0) is 14.8 Å². The fourth-order valence-corrected chi connectivity index (χ4v) is 2.47. The number of sulfonamides is 1. The van der Waals surface area contributed by atoms with Crippen LogP contribution in [0.3, 0.4) is 0 Å². The molecule has 32 heavy (non-hydrogen) atoms. The first-order valence-electron chi connectivity index (χ1n) is 7.43. The van der Waals surface area contributed by atoms with E-state index in [9.17, 15) is 70.3 Å². The molecule has 0 atom stereocenters. The maximum Gasteiger partial charge on any atom is 0.460 e. The number of carboxylic acids is 1. The molecule has 1 N–H and O–H groups in total. The number of carboxylic acid groups (broad SMARTS) is 1. The third-order valence-corrected chi connectivity index (χ3v) is 5.43. The van der Waals surface area contributed by atoms with Gasteiger partial charge in [0, 0.05) is 19.2 Å². The van der Waals surface area contributed by atoms with Gasteiger partial charge >= 0.3 is 41.1 Å². The van der Waals surface area contributed by atoms with E-state index >= 15 is 0 Å². The minimum atomic E-state index is -8.13. The van der Waals surface area contributed by atoms with Crippen molar-refractivity contribution in [3.05, 3.63) is 12.2 Å². The van der Waals surface area contributed by atoms with E-state index in [-0.39, 0.29) is 12.6 Å².